The third-order valence-electron chi connectivity index (χ3n) is 3.58. The van der Waals surface area contributed by atoms with Crippen LogP contribution in [0.2, 0.25) is 0 Å². The molecular weight excluding hydrogens is 258 g/mol. The summed E-state index contributed by atoms with van der Waals surface area (Å²) in [5.74, 6) is 0.275. The van der Waals surface area contributed by atoms with Crippen LogP contribution in [0, 0.1) is 16.0 Å². The highest BCUT2D eigenvalue weighted by Crippen LogP contribution is 2.24. The quantitative estimate of drug-likeness (QED) is 0.637. The van der Waals surface area contributed by atoms with Crippen LogP contribution >= 0.6 is 0 Å². The van der Waals surface area contributed by atoms with Crippen LogP contribution in [0.25, 0.3) is 0 Å². The van der Waals surface area contributed by atoms with Crippen LogP contribution in [0.15, 0.2) is 18.2 Å². The standard InChI is InChI=1S/C14H19N3O3/c1-2-11-3-4-12(8-13(11)17(19)20)16-14(18)7-10-5-6-15-9-10/h3-4,8,10,15H,2,5-7,9H2,1H3,(H,16,18). The largest absolute Gasteiger partial charge is 0.326 e. The second kappa shape index (κ2) is 6.47. The summed E-state index contributed by atoms with van der Waals surface area (Å²) < 4.78 is 0. The SMILES string of the molecule is CCc1ccc(NC(=O)CC2CCNC2)cc1[N+](=O)[O-]. The van der Waals surface area contributed by atoms with E-state index in [4.69, 9.17) is 0 Å². The van der Waals surface area contributed by atoms with E-state index in [2.05, 4.69) is 10.6 Å². The van der Waals surface area contributed by atoms with Gasteiger partial charge < -0.3 is 10.6 Å². The second-order valence-corrected chi connectivity index (χ2v) is 5.07. The van der Waals surface area contributed by atoms with Gasteiger partial charge in [0.2, 0.25) is 5.91 Å². The molecule has 1 fully saturated rings. The summed E-state index contributed by atoms with van der Waals surface area (Å²) in [5, 5.41) is 16.9. The van der Waals surface area contributed by atoms with Gasteiger partial charge in [0, 0.05) is 23.7 Å². The Morgan fingerprint density at radius 1 is 1.55 bits per heavy atom. The van der Waals surface area contributed by atoms with Gasteiger partial charge >= 0.3 is 0 Å². The molecule has 0 aromatic heterocycles. The molecule has 1 unspecified atom stereocenters. The lowest BCUT2D eigenvalue weighted by molar-refractivity contribution is -0.385. The van der Waals surface area contributed by atoms with Crippen molar-refractivity contribution in [3.63, 3.8) is 0 Å². The molecule has 108 valence electrons. The summed E-state index contributed by atoms with van der Waals surface area (Å²) in [6, 6.07) is 4.85. The van der Waals surface area contributed by atoms with Gasteiger partial charge in [-0.25, -0.2) is 0 Å². The van der Waals surface area contributed by atoms with E-state index in [0.29, 0.717) is 30.0 Å². The third kappa shape index (κ3) is 3.54. The molecule has 2 N–H and O–H groups in total. The minimum atomic E-state index is -0.407. The first-order chi connectivity index (χ1) is 9.60. The number of hydrogen-bond acceptors (Lipinski definition) is 4. The molecule has 0 aliphatic carbocycles. The van der Waals surface area contributed by atoms with Crippen LogP contribution < -0.4 is 10.6 Å². The molecule has 6 nitrogen and oxygen atoms in total. The lowest BCUT2D eigenvalue weighted by atomic mass is 10.0. The van der Waals surface area contributed by atoms with E-state index in [1.54, 1.807) is 12.1 Å². The Kier molecular flexibility index (Phi) is 4.68. The summed E-state index contributed by atoms with van der Waals surface area (Å²) in [6.07, 6.45) is 2.05. The molecule has 1 amide bonds. The molecule has 1 aliphatic rings. The lowest BCUT2D eigenvalue weighted by Gasteiger charge is -2.10. The van der Waals surface area contributed by atoms with E-state index in [1.165, 1.54) is 6.07 Å². The third-order valence-corrected chi connectivity index (χ3v) is 3.58. The first-order valence-electron chi connectivity index (χ1n) is 6.88. The number of rotatable bonds is 5. The zero-order valence-corrected chi connectivity index (χ0v) is 11.5. The molecule has 0 saturated carbocycles. The minimum absolute atomic E-state index is 0.0628. The molecule has 1 aromatic carbocycles. The molecule has 20 heavy (non-hydrogen) atoms. The Morgan fingerprint density at radius 2 is 2.35 bits per heavy atom. The van der Waals surface area contributed by atoms with Gasteiger partial charge in [-0.2, -0.15) is 0 Å². The number of carbonyl (C=O) groups excluding carboxylic acids is 1. The van der Waals surface area contributed by atoms with E-state index in [9.17, 15) is 14.9 Å². The second-order valence-electron chi connectivity index (χ2n) is 5.07. The number of benzene rings is 1. The zero-order valence-electron chi connectivity index (χ0n) is 11.5. The Labute approximate surface area is 117 Å². The van der Waals surface area contributed by atoms with E-state index in [1.807, 2.05) is 6.92 Å². The number of nitro benzene ring substituents is 1. The number of carbonyl (C=O) groups is 1. The van der Waals surface area contributed by atoms with Crippen molar-refractivity contribution in [3.05, 3.63) is 33.9 Å². The van der Waals surface area contributed by atoms with Crippen LogP contribution in [0.5, 0.6) is 0 Å². The van der Waals surface area contributed by atoms with Crippen LogP contribution in [0.4, 0.5) is 11.4 Å². The monoisotopic (exact) mass is 277 g/mol. The summed E-state index contributed by atoms with van der Waals surface area (Å²) in [4.78, 5) is 22.5. The molecule has 6 heteroatoms. The van der Waals surface area contributed by atoms with Gasteiger partial charge in [0.05, 0.1) is 4.92 Å². The number of nitrogens with zero attached hydrogens (tertiary/aromatic N) is 1. The average molecular weight is 277 g/mol. The van der Waals surface area contributed by atoms with Gasteiger partial charge in [-0.3, -0.25) is 14.9 Å². The number of hydrogen-bond donors (Lipinski definition) is 2. The molecule has 0 spiro atoms. The Bertz CT molecular complexity index is 510. The molecule has 1 aliphatic heterocycles. The fourth-order valence-electron chi connectivity index (χ4n) is 2.47. The predicted molar refractivity (Wildman–Crippen MR) is 76.7 cm³/mol. The van der Waals surface area contributed by atoms with Gasteiger partial charge in [0.1, 0.15) is 0 Å². The number of nitrogens with one attached hydrogen (secondary N) is 2. The summed E-state index contributed by atoms with van der Waals surface area (Å²) >= 11 is 0. The van der Waals surface area contributed by atoms with Crippen molar-refractivity contribution < 1.29 is 9.72 Å². The zero-order chi connectivity index (χ0) is 14.5. The predicted octanol–water partition coefficient (Wildman–Crippen LogP) is 2.10. The van der Waals surface area contributed by atoms with E-state index >= 15 is 0 Å². The van der Waals surface area contributed by atoms with Crippen molar-refractivity contribution in [2.45, 2.75) is 26.2 Å². The van der Waals surface area contributed by atoms with E-state index in [-0.39, 0.29) is 11.6 Å². The lowest BCUT2D eigenvalue weighted by Crippen LogP contribution is -2.18. The van der Waals surface area contributed by atoms with Crippen LogP contribution in [-0.2, 0) is 11.2 Å². The van der Waals surface area contributed by atoms with E-state index < -0.39 is 4.92 Å². The molecule has 0 bridgehead atoms. The van der Waals surface area contributed by atoms with Gasteiger partial charge in [0.25, 0.3) is 5.69 Å². The maximum absolute atomic E-state index is 11.9. The maximum Gasteiger partial charge on any atom is 0.274 e. The molecule has 2 rings (SSSR count). The number of amides is 1. The fourth-order valence-corrected chi connectivity index (χ4v) is 2.47. The van der Waals surface area contributed by atoms with Crippen LogP contribution in [-0.4, -0.2) is 23.9 Å². The van der Waals surface area contributed by atoms with Gasteiger partial charge in [-0.1, -0.05) is 13.0 Å². The molecule has 1 heterocycles. The van der Waals surface area contributed by atoms with Crippen molar-refractivity contribution >= 4 is 17.3 Å². The molecule has 1 atom stereocenters. The Balaban J connectivity index is 2.03. The van der Waals surface area contributed by atoms with Crippen molar-refractivity contribution in [3.8, 4) is 0 Å². The minimum Gasteiger partial charge on any atom is -0.326 e. The van der Waals surface area contributed by atoms with Crippen molar-refractivity contribution in [2.75, 3.05) is 18.4 Å². The van der Waals surface area contributed by atoms with Crippen LogP contribution in [0.3, 0.4) is 0 Å². The molecule has 1 saturated heterocycles. The van der Waals surface area contributed by atoms with Gasteiger partial charge in [-0.05, 0) is 37.9 Å². The highest BCUT2D eigenvalue weighted by molar-refractivity contribution is 5.91. The highest BCUT2D eigenvalue weighted by Gasteiger charge is 2.19. The van der Waals surface area contributed by atoms with Crippen molar-refractivity contribution in [2.24, 2.45) is 5.92 Å². The smallest absolute Gasteiger partial charge is 0.274 e. The number of aryl methyl sites for hydroxylation is 1. The Morgan fingerprint density at radius 3 is 2.95 bits per heavy atom. The summed E-state index contributed by atoms with van der Waals surface area (Å²) in [7, 11) is 0. The van der Waals surface area contributed by atoms with Crippen molar-refractivity contribution in [1.82, 2.24) is 5.32 Å². The van der Waals surface area contributed by atoms with Gasteiger partial charge in [0.15, 0.2) is 0 Å². The van der Waals surface area contributed by atoms with Crippen LogP contribution in [0.1, 0.15) is 25.3 Å². The first-order valence-corrected chi connectivity index (χ1v) is 6.88. The van der Waals surface area contributed by atoms with Crippen molar-refractivity contribution in [1.29, 1.82) is 0 Å². The Hall–Kier alpha value is -1.95. The number of nitro groups is 1. The average Bonchev–Trinajstić information content (AvgIpc) is 2.91. The molecular formula is C14H19N3O3. The molecule has 0 radical (unpaired) electrons. The maximum atomic E-state index is 11.9. The number of anilines is 1. The van der Waals surface area contributed by atoms with E-state index in [0.717, 1.165) is 19.5 Å². The van der Waals surface area contributed by atoms with Gasteiger partial charge in [-0.15, -0.1) is 0 Å². The fraction of sp³-hybridized carbons (Fsp3) is 0.500. The molecule has 1 aromatic rings. The highest BCUT2D eigenvalue weighted by atomic mass is 16.6. The first kappa shape index (κ1) is 14.5. The summed E-state index contributed by atoms with van der Waals surface area (Å²) in [5.41, 5.74) is 1.23. The topological polar surface area (TPSA) is 84.3 Å². The normalized spacial score (nSPS) is 17.9. The summed E-state index contributed by atoms with van der Waals surface area (Å²) in [6.45, 7) is 3.69.